The fourth-order valence-corrected chi connectivity index (χ4v) is 3.29. The first kappa shape index (κ1) is 18.1. The molecule has 0 bridgehead atoms. The molecular formula is C19H19FN6O2. The van der Waals surface area contributed by atoms with Crippen LogP contribution < -0.4 is 5.32 Å². The molecule has 9 heteroatoms. The molecule has 2 aromatic heterocycles. The van der Waals surface area contributed by atoms with Crippen LogP contribution in [0.1, 0.15) is 11.6 Å². The maximum Gasteiger partial charge on any atom is 0.322 e. The van der Waals surface area contributed by atoms with Gasteiger partial charge in [-0.2, -0.15) is 0 Å². The Bertz CT molecular complexity index is 994. The topological polar surface area (TPSA) is 96.2 Å². The molecule has 1 saturated heterocycles. The molecule has 0 spiro atoms. The van der Waals surface area contributed by atoms with Crippen LogP contribution in [0.5, 0.6) is 0 Å². The van der Waals surface area contributed by atoms with Gasteiger partial charge in [-0.1, -0.05) is 17.3 Å². The number of hydrogen-bond acceptors (Lipinski definition) is 5. The van der Waals surface area contributed by atoms with E-state index >= 15 is 0 Å². The van der Waals surface area contributed by atoms with Crippen LogP contribution in [0.3, 0.4) is 0 Å². The molecule has 0 unspecified atom stereocenters. The number of aryl methyl sites for hydroxylation is 1. The summed E-state index contributed by atoms with van der Waals surface area (Å²) in [4.78, 5) is 18.1. The third-order valence-electron chi connectivity index (χ3n) is 4.84. The number of anilines is 1. The van der Waals surface area contributed by atoms with Crippen LogP contribution in [0.25, 0.3) is 11.1 Å². The first-order valence-electron chi connectivity index (χ1n) is 8.82. The molecular weight excluding hydrogens is 363 g/mol. The lowest BCUT2D eigenvalue weighted by Crippen LogP contribution is -2.34. The molecule has 0 radical (unpaired) electrons. The Labute approximate surface area is 160 Å². The minimum Gasteiger partial charge on any atom is -0.389 e. The summed E-state index contributed by atoms with van der Waals surface area (Å²) in [7, 11) is 0. The van der Waals surface area contributed by atoms with Crippen molar-refractivity contribution in [1.82, 2.24) is 24.9 Å². The van der Waals surface area contributed by atoms with Gasteiger partial charge in [-0.25, -0.2) is 13.9 Å². The summed E-state index contributed by atoms with van der Waals surface area (Å²) in [5.74, 6) is -0.422. The maximum atomic E-state index is 13.5. The molecule has 3 aromatic rings. The normalized spacial score (nSPS) is 19.0. The summed E-state index contributed by atoms with van der Waals surface area (Å²) in [5.41, 5.74) is 2.85. The third-order valence-corrected chi connectivity index (χ3v) is 4.84. The maximum absolute atomic E-state index is 13.5. The molecule has 3 heterocycles. The number of hydrogen-bond donors (Lipinski definition) is 2. The lowest BCUT2D eigenvalue weighted by molar-refractivity contribution is 0.139. The van der Waals surface area contributed by atoms with Gasteiger partial charge in [0.05, 0.1) is 31.1 Å². The summed E-state index contributed by atoms with van der Waals surface area (Å²) in [6.07, 6.45) is 5.18. The Morgan fingerprint density at radius 3 is 2.86 bits per heavy atom. The summed E-state index contributed by atoms with van der Waals surface area (Å²) < 4.78 is 15.0. The molecule has 1 fully saturated rings. The molecule has 4 rings (SSSR count). The zero-order chi connectivity index (χ0) is 19.7. The van der Waals surface area contributed by atoms with Gasteiger partial charge in [0.2, 0.25) is 0 Å². The highest BCUT2D eigenvalue weighted by atomic mass is 19.1. The number of likely N-dealkylation sites (tertiary alicyclic amines) is 1. The molecule has 28 heavy (non-hydrogen) atoms. The first-order chi connectivity index (χ1) is 13.5. The summed E-state index contributed by atoms with van der Waals surface area (Å²) >= 11 is 0. The monoisotopic (exact) mass is 382 g/mol. The highest BCUT2D eigenvalue weighted by Gasteiger charge is 2.35. The van der Waals surface area contributed by atoms with Gasteiger partial charge in [-0.15, -0.1) is 5.10 Å². The van der Waals surface area contributed by atoms with E-state index in [1.165, 1.54) is 17.2 Å². The first-order valence-corrected chi connectivity index (χ1v) is 8.82. The SMILES string of the molecule is Cc1ccc(-c2cncc(F)c2)cc1NC(=O)N1C[C@@H](O)[C@H](n2ccnn2)C1. The second kappa shape index (κ2) is 7.35. The number of rotatable bonds is 3. The zero-order valence-corrected chi connectivity index (χ0v) is 15.2. The number of carbonyl (C=O) groups is 1. The van der Waals surface area contributed by atoms with E-state index in [1.54, 1.807) is 23.1 Å². The van der Waals surface area contributed by atoms with Crippen LogP contribution in [0.4, 0.5) is 14.9 Å². The van der Waals surface area contributed by atoms with Crippen LogP contribution in [-0.4, -0.2) is 55.2 Å². The number of carbonyl (C=O) groups excluding carboxylic acids is 1. The number of nitrogens with one attached hydrogen (secondary N) is 1. The Balaban J connectivity index is 1.51. The number of aliphatic hydroxyl groups is 1. The largest absolute Gasteiger partial charge is 0.389 e. The van der Waals surface area contributed by atoms with E-state index in [-0.39, 0.29) is 18.6 Å². The Kier molecular flexibility index (Phi) is 4.74. The number of urea groups is 1. The third kappa shape index (κ3) is 3.56. The summed E-state index contributed by atoms with van der Waals surface area (Å²) in [6, 6.07) is 6.22. The van der Waals surface area contributed by atoms with Gasteiger partial charge in [-0.3, -0.25) is 4.98 Å². The van der Waals surface area contributed by atoms with E-state index in [0.717, 1.165) is 17.3 Å². The minimum absolute atomic E-state index is 0.197. The van der Waals surface area contributed by atoms with Crippen LogP contribution in [0.2, 0.25) is 0 Å². The highest BCUT2D eigenvalue weighted by molar-refractivity contribution is 5.91. The summed E-state index contributed by atoms with van der Waals surface area (Å²) in [6.45, 7) is 2.39. The van der Waals surface area contributed by atoms with E-state index < -0.39 is 11.9 Å². The van der Waals surface area contributed by atoms with Crippen molar-refractivity contribution in [1.29, 1.82) is 0 Å². The highest BCUT2D eigenvalue weighted by Crippen LogP contribution is 2.27. The molecule has 2 N–H and O–H groups in total. The van der Waals surface area contributed by atoms with Gasteiger partial charge in [0.1, 0.15) is 5.82 Å². The fraction of sp³-hybridized carbons (Fsp3) is 0.263. The smallest absolute Gasteiger partial charge is 0.322 e. The second-order valence-electron chi connectivity index (χ2n) is 6.77. The van der Waals surface area contributed by atoms with Gasteiger partial charge in [0, 0.05) is 30.2 Å². The van der Waals surface area contributed by atoms with Gasteiger partial charge < -0.3 is 15.3 Å². The second-order valence-corrected chi connectivity index (χ2v) is 6.77. The number of aliphatic hydroxyl groups excluding tert-OH is 1. The number of nitrogens with zero attached hydrogens (tertiary/aromatic N) is 5. The quantitative estimate of drug-likeness (QED) is 0.724. The van der Waals surface area contributed by atoms with Crippen LogP contribution in [-0.2, 0) is 0 Å². The fourth-order valence-electron chi connectivity index (χ4n) is 3.29. The molecule has 1 aromatic carbocycles. The lowest BCUT2D eigenvalue weighted by Gasteiger charge is -2.18. The van der Waals surface area contributed by atoms with Crippen molar-refractivity contribution in [3.63, 3.8) is 0 Å². The van der Waals surface area contributed by atoms with Crippen molar-refractivity contribution in [2.45, 2.75) is 19.1 Å². The number of β-amino-alcohol motifs (C(OH)–C–C–N with tert-alkyl or cyclic N) is 1. The van der Waals surface area contributed by atoms with Crippen LogP contribution in [0.15, 0.2) is 49.1 Å². The standard InChI is InChI=1S/C19H19FN6O2/c1-12-2-3-13(14-6-15(20)9-21-8-14)7-16(12)23-19(28)25-10-17(18(27)11-25)26-5-4-22-24-26/h2-9,17-18,27H,10-11H2,1H3,(H,23,28)/t17-,18-/m1/s1. The summed E-state index contributed by atoms with van der Waals surface area (Å²) in [5, 5.41) is 20.8. The van der Waals surface area contributed by atoms with E-state index in [0.29, 0.717) is 17.8 Å². The molecule has 1 aliphatic heterocycles. The predicted octanol–water partition coefficient (Wildman–Crippen LogP) is 2.24. The van der Waals surface area contributed by atoms with Crippen molar-refractivity contribution in [3.05, 3.63) is 60.4 Å². The number of pyridine rings is 1. The van der Waals surface area contributed by atoms with Crippen molar-refractivity contribution in [2.75, 3.05) is 18.4 Å². The number of benzene rings is 1. The molecule has 0 saturated carbocycles. The average Bonchev–Trinajstić information content (AvgIpc) is 3.33. The Morgan fingerprint density at radius 2 is 2.11 bits per heavy atom. The van der Waals surface area contributed by atoms with Crippen molar-refractivity contribution in [2.24, 2.45) is 0 Å². The van der Waals surface area contributed by atoms with Gasteiger partial charge in [0.25, 0.3) is 0 Å². The van der Waals surface area contributed by atoms with Crippen molar-refractivity contribution < 1.29 is 14.3 Å². The van der Waals surface area contributed by atoms with Gasteiger partial charge >= 0.3 is 6.03 Å². The van der Waals surface area contributed by atoms with E-state index in [1.807, 2.05) is 19.1 Å². The number of aromatic nitrogens is 4. The minimum atomic E-state index is -0.724. The molecule has 2 atom stereocenters. The zero-order valence-electron chi connectivity index (χ0n) is 15.2. The Morgan fingerprint density at radius 1 is 1.25 bits per heavy atom. The molecule has 8 nitrogen and oxygen atoms in total. The number of amides is 2. The lowest BCUT2D eigenvalue weighted by atomic mass is 10.0. The molecule has 2 amide bonds. The average molecular weight is 382 g/mol. The van der Waals surface area contributed by atoms with Crippen LogP contribution in [0, 0.1) is 12.7 Å². The molecule has 0 aliphatic carbocycles. The van der Waals surface area contributed by atoms with Crippen LogP contribution >= 0.6 is 0 Å². The number of halogens is 1. The van der Waals surface area contributed by atoms with E-state index in [4.69, 9.17) is 0 Å². The van der Waals surface area contributed by atoms with E-state index in [9.17, 15) is 14.3 Å². The molecule has 144 valence electrons. The molecule has 1 aliphatic rings. The van der Waals surface area contributed by atoms with Gasteiger partial charge in [0.15, 0.2) is 0 Å². The van der Waals surface area contributed by atoms with Crippen molar-refractivity contribution >= 4 is 11.7 Å². The Hall–Kier alpha value is -3.33. The van der Waals surface area contributed by atoms with Crippen molar-refractivity contribution in [3.8, 4) is 11.1 Å². The van der Waals surface area contributed by atoms with E-state index in [2.05, 4.69) is 20.6 Å². The van der Waals surface area contributed by atoms with Gasteiger partial charge in [-0.05, 0) is 30.2 Å². The predicted molar refractivity (Wildman–Crippen MR) is 100 cm³/mol.